The monoisotopic (exact) mass is 287 g/mol. The van der Waals surface area contributed by atoms with Crippen molar-refractivity contribution in [2.45, 2.75) is 52.4 Å². The Labute approximate surface area is 120 Å². The first-order chi connectivity index (χ1) is 9.52. The van der Waals surface area contributed by atoms with E-state index in [1.165, 1.54) is 33.3 Å². The molecule has 1 amide bonds. The van der Waals surface area contributed by atoms with Crippen LogP contribution in [0.25, 0.3) is 0 Å². The number of allylic oxidation sites excluding steroid dienone is 1. The normalized spacial score (nSPS) is 11.6. The van der Waals surface area contributed by atoms with Gasteiger partial charge in [-0.25, -0.2) is 9.59 Å². The number of unbranched alkanes of at least 4 members (excludes halogenated alkanes) is 5. The quantitative estimate of drug-likeness (QED) is 0.366. The largest absolute Gasteiger partial charge is 0.499 e. The van der Waals surface area contributed by atoms with Crippen molar-refractivity contribution in [3.63, 3.8) is 0 Å². The number of carbonyl (C=O) groups excluding carboxylic acids is 1. The third kappa shape index (κ3) is 8.39. The number of hydrogen-bond acceptors (Lipinski definition) is 4. The fourth-order valence-corrected chi connectivity index (χ4v) is 1.58. The number of carboxylic acid groups (broad SMARTS) is 1. The zero-order valence-electron chi connectivity index (χ0n) is 12.5. The number of ether oxygens (including phenoxy) is 2. The summed E-state index contributed by atoms with van der Waals surface area (Å²) in [6.45, 7) is 3.90. The highest BCUT2D eigenvalue weighted by Crippen LogP contribution is 2.05. The van der Waals surface area contributed by atoms with E-state index in [2.05, 4.69) is 12.2 Å². The smallest absolute Gasteiger partial charge is 0.411 e. The minimum atomic E-state index is -1.26. The van der Waals surface area contributed by atoms with Crippen molar-refractivity contribution in [2.75, 3.05) is 13.7 Å². The van der Waals surface area contributed by atoms with Crippen LogP contribution in [0.3, 0.4) is 0 Å². The summed E-state index contributed by atoms with van der Waals surface area (Å²) in [4.78, 5) is 22.3. The lowest BCUT2D eigenvalue weighted by atomic mass is 10.1. The van der Waals surface area contributed by atoms with Gasteiger partial charge in [0.15, 0.2) is 5.70 Å². The second-order valence-corrected chi connectivity index (χ2v) is 4.47. The van der Waals surface area contributed by atoms with Crippen molar-refractivity contribution >= 4 is 12.1 Å². The number of carbonyl (C=O) groups is 2. The first-order valence-corrected chi connectivity index (χ1v) is 6.94. The molecule has 0 bridgehead atoms. The second kappa shape index (κ2) is 11.1. The molecular weight excluding hydrogens is 262 g/mol. The number of amides is 1. The van der Waals surface area contributed by atoms with Gasteiger partial charge in [-0.05, 0) is 13.3 Å². The SMILES string of the molecule is CCCCCCCCOC(=O)NC(C(=O)O)=C(C)OC. The molecule has 0 heterocycles. The zero-order valence-corrected chi connectivity index (χ0v) is 12.5. The van der Waals surface area contributed by atoms with Gasteiger partial charge in [0.1, 0.15) is 5.76 Å². The van der Waals surface area contributed by atoms with Gasteiger partial charge in [0.25, 0.3) is 0 Å². The van der Waals surface area contributed by atoms with E-state index in [4.69, 9.17) is 14.6 Å². The molecule has 0 aliphatic carbocycles. The van der Waals surface area contributed by atoms with Gasteiger partial charge in [-0.15, -0.1) is 0 Å². The maximum Gasteiger partial charge on any atom is 0.411 e. The molecular formula is C14H25NO5. The molecule has 0 atom stereocenters. The second-order valence-electron chi connectivity index (χ2n) is 4.47. The molecule has 0 aromatic heterocycles. The molecule has 2 N–H and O–H groups in total. The van der Waals surface area contributed by atoms with Crippen LogP contribution in [-0.2, 0) is 14.3 Å². The summed E-state index contributed by atoms with van der Waals surface area (Å²) in [5.41, 5.74) is -0.305. The van der Waals surface area contributed by atoms with Gasteiger partial charge in [-0.2, -0.15) is 0 Å². The number of rotatable bonds is 10. The molecule has 6 nitrogen and oxygen atoms in total. The van der Waals surface area contributed by atoms with Gasteiger partial charge in [-0.1, -0.05) is 39.0 Å². The van der Waals surface area contributed by atoms with E-state index in [1.807, 2.05) is 0 Å². The zero-order chi connectivity index (χ0) is 15.4. The van der Waals surface area contributed by atoms with E-state index in [1.54, 1.807) is 0 Å². The molecule has 0 saturated heterocycles. The first kappa shape index (κ1) is 18.3. The van der Waals surface area contributed by atoms with Crippen LogP contribution in [0.1, 0.15) is 52.4 Å². The lowest BCUT2D eigenvalue weighted by Gasteiger charge is -2.09. The minimum Gasteiger partial charge on any atom is -0.499 e. The Hall–Kier alpha value is -1.72. The summed E-state index contributed by atoms with van der Waals surface area (Å²) in [6.07, 6.45) is 5.77. The first-order valence-electron chi connectivity index (χ1n) is 6.94. The van der Waals surface area contributed by atoms with Crippen LogP contribution in [0, 0.1) is 0 Å². The van der Waals surface area contributed by atoms with Crippen LogP contribution in [-0.4, -0.2) is 30.9 Å². The predicted molar refractivity (Wildman–Crippen MR) is 75.2 cm³/mol. The average molecular weight is 287 g/mol. The summed E-state index contributed by atoms with van der Waals surface area (Å²) in [5, 5.41) is 11.1. The van der Waals surface area contributed by atoms with Crippen molar-refractivity contribution < 1.29 is 24.2 Å². The van der Waals surface area contributed by atoms with Crippen molar-refractivity contribution in [1.29, 1.82) is 0 Å². The molecule has 6 heteroatoms. The van der Waals surface area contributed by atoms with Gasteiger partial charge in [0.2, 0.25) is 0 Å². The Balaban J connectivity index is 3.90. The molecule has 0 radical (unpaired) electrons. The van der Waals surface area contributed by atoms with Gasteiger partial charge < -0.3 is 14.6 Å². The molecule has 0 aromatic rings. The number of nitrogens with one attached hydrogen (secondary N) is 1. The average Bonchev–Trinajstić information content (AvgIpc) is 2.42. The summed E-state index contributed by atoms with van der Waals surface area (Å²) >= 11 is 0. The Morgan fingerprint density at radius 1 is 1.10 bits per heavy atom. The number of alkyl carbamates (subject to hydrolysis) is 1. The van der Waals surface area contributed by atoms with Crippen molar-refractivity contribution in [1.82, 2.24) is 5.32 Å². The van der Waals surface area contributed by atoms with Gasteiger partial charge in [0.05, 0.1) is 13.7 Å². The molecule has 0 aromatic carbocycles. The third-order valence-electron chi connectivity index (χ3n) is 2.83. The molecule has 0 unspecified atom stereocenters. The fraction of sp³-hybridized carbons (Fsp3) is 0.714. The van der Waals surface area contributed by atoms with Gasteiger partial charge in [0, 0.05) is 0 Å². The van der Waals surface area contributed by atoms with Crippen LogP contribution in [0.15, 0.2) is 11.5 Å². The lowest BCUT2D eigenvalue weighted by Crippen LogP contribution is -2.29. The Morgan fingerprint density at radius 2 is 1.70 bits per heavy atom. The number of hydrogen-bond donors (Lipinski definition) is 2. The summed E-state index contributed by atoms with van der Waals surface area (Å²) < 4.78 is 9.70. The summed E-state index contributed by atoms with van der Waals surface area (Å²) in [7, 11) is 1.33. The van der Waals surface area contributed by atoms with Crippen LogP contribution in [0.4, 0.5) is 4.79 Å². The minimum absolute atomic E-state index is 0.119. The standard InChI is InChI=1S/C14H25NO5/c1-4-5-6-7-8-9-10-20-14(18)15-12(13(16)17)11(2)19-3/h4-10H2,1-3H3,(H,15,18)(H,16,17). The molecule has 0 aliphatic rings. The van der Waals surface area contributed by atoms with Crippen molar-refractivity contribution in [2.24, 2.45) is 0 Å². The fourth-order valence-electron chi connectivity index (χ4n) is 1.58. The Kier molecular flexibility index (Phi) is 10.2. The van der Waals surface area contributed by atoms with Crippen molar-refractivity contribution in [3.05, 3.63) is 11.5 Å². The third-order valence-corrected chi connectivity index (χ3v) is 2.83. The van der Waals surface area contributed by atoms with Crippen LogP contribution in [0.5, 0.6) is 0 Å². The summed E-state index contributed by atoms with van der Waals surface area (Å²) in [5.74, 6) is -1.14. The highest BCUT2D eigenvalue weighted by molar-refractivity contribution is 5.91. The maximum absolute atomic E-state index is 11.4. The van der Waals surface area contributed by atoms with Crippen LogP contribution >= 0.6 is 0 Å². The van der Waals surface area contributed by atoms with Crippen LogP contribution < -0.4 is 5.32 Å². The highest BCUT2D eigenvalue weighted by atomic mass is 16.5. The summed E-state index contributed by atoms with van der Waals surface area (Å²) in [6, 6.07) is 0. The highest BCUT2D eigenvalue weighted by Gasteiger charge is 2.16. The van der Waals surface area contributed by atoms with E-state index in [0.717, 1.165) is 19.3 Å². The number of methoxy groups -OCH3 is 1. The molecule has 0 fully saturated rings. The lowest BCUT2D eigenvalue weighted by molar-refractivity contribution is -0.133. The van der Waals surface area contributed by atoms with Crippen molar-refractivity contribution in [3.8, 4) is 0 Å². The van der Waals surface area contributed by atoms with Crippen LogP contribution in [0.2, 0.25) is 0 Å². The molecule has 0 aliphatic heterocycles. The van der Waals surface area contributed by atoms with E-state index in [0.29, 0.717) is 0 Å². The Morgan fingerprint density at radius 3 is 2.25 bits per heavy atom. The molecule has 0 spiro atoms. The predicted octanol–water partition coefficient (Wildman–Crippen LogP) is 3.04. The van der Waals surface area contributed by atoms with E-state index < -0.39 is 12.1 Å². The van der Waals surface area contributed by atoms with E-state index in [9.17, 15) is 9.59 Å². The van der Waals surface area contributed by atoms with E-state index >= 15 is 0 Å². The molecule has 0 saturated carbocycles. The molecule has 20 heavy (non-hydrogen) atoms. The number of carboxylic acids is 1. The van der Waals surface area contributed by atoms with Gasteiger partial charge in [-0.3, -0.25) is 5.32 Å². The van der Waals surface area contributed by atoms with Gasteiger partial charge >= 0.3 is 12.1 Å². The maximum atomic E-state index is 11.4. The molecule has 116 valence electrons. The molecule has 0 rings (SSSR count). The van der Waals surface area contributed by atoms with E-state index in [-0.39, 0.29) is 18.1 Å². The Bertz CT molecular complexity index is 338. The number of aliphatic carboxylic acids is 1. The topological polar surface area (TPSA) is 84.9 Å².